The van der Waals surface area contributed by atoms with Crippen molar-refractivity contribution in [2.75, 3.05) is 0 Å². The van der Waals surface area contributed by atoms with Crippen LogP contribution in [0.1, 0.15) is 10.4 Å². The molecule has 0 unspecified atom stereocenters. The van der Waals surface area contributed by atoms with Gasteiger partial charge >= 0.3 is 11.6 Å². The molecule has 1 aromatic carbocycles. The molecule has 1 aromatic heterocycles. The Labute approximate surface area is 93.5 Å². The van der Waals surface area contributed by atoms with Gasteiger partial charge in [0.15, 0.2) is 0 Å². The first-order valence-electron chi connectivity index (χ1n) is 4.18. The summed E-state index contributed by atoms with van der Waals surface area (Å²) in [4.78, 5) is 21.9. The summed E-state index contributed by atoms with van der Waals surface area (Å²) in [6, 6.07) is 3.63. The predicted molar refractivity (Wildman–Crippen MR) is 56.1 cm³/mol. The average molecular weight is 241 g/mol. The molecule has 0 aliphatic heterocycles. The van der Waals surface area contributed by atoms with Gasteiger partial charge < -0.3 is 14.6 Å². The van der Waals surface area contributed by atoms with Crippen molar-refractivity contribution in [3.05, 3.63) is 39.2 Å². The Balaban J connectivity index is 2.85. The first-order chi connectivity index (χ1) is 7.49. The van der Waals surface area contributed by atoms with E-state index in [1.165, 1.54) is 6.07 Å². The summed E-state index contributed by atoms with van der Waals surface area (Å²) >= 11 is 5.64. The zero-order valence-corrected chi connectivity index (χ0v) is 8.49. The van der Waals surface area contributed by atoms with Crippen LogP contribution >= 0.6 is 11.6 Å². The van der Waals surface area contributed by atoms with E-state index in [9.17, 15) is 14.7 Å². The molecule has 2 rings (SSSR count). The Morgan fingerprint density at radius 1 is 1.31 bits per heavy atom. The number of benzene rings is 1. The van der Waals surface area contributed by atoms with Crippen molar-refractivity contribution in [1.29, 1.82) is 0 Å². The number of hydrogen-bond acceptors (Lipinski definition) is 4. The third-order valence-corrected chi connectivity index (χ3v) is 2.33. The lowest BCUT2D eigenvalue weighted by Crippen LogP contribution is -2.12. The maximum Gasteiger partial charge on any atom is 0.351 e. The first-order valence-corrected chi connectivity index (χ1v) is 4.56. The average Bonchev–Trinajstić information content (AvgIpc) is 2.19. The largest absolute Gasteiger partial charge is 0.506 e. The molecule has 0 atom stereocenters. The lowest BCUT2D eigenvalue weighted by atomic mass is 10.2. The molecule has 0 aliphatic rings. The number of carbonyl (C=O) groups is 1. The number of carboxylic acids is 1. The van der Waals surface area contributed by atoms with Crippen LogP contribution in [0.3, 0.4) is 0 Å². The smallest absolute Gasteiger partial charge is 0.351 e. The fraction of sp³-hybridized carbons (Fsp3) is 0. The summed E-state index contributed by atoms with van der Waals surface area (Å²) in [6.07, 6.45) is 0. The molecule has 0 spiro atoms. The van der Waals surface area contributed by atoms with Gasteiger partial charge in [0, 0.05) is 11.5 Å². The molecular weight excluding hydrogens is 236 g/mol. The first kappa shape index (κ1) is 10.5. The summed E-state index contributed by atoms with van der Waals surface area (Å²) in [5.41, 5.74) is -1.37. The normalized spacial score (nSPS) is 10.6. The van der Waals surface area contributed by atoms with E-state index in [4.69, 9.17) is 21.1 Å². The van der Waals surface area contributed by atoms with Crippen LogP contribution in [-0.4, -0.2) is 16.2 Å². The number of halogens is 1. The molecule has 0 radical (unpaired) electrons. The van der Waals surface area contributed by atoms with Crippen LogP contribution in [-0.2, 0) is 0 Å². The van der Waals surface area contributed by atoms with Crippen molar-refractivity contribution >= 4 is 28.5 Å². The van der Waals surface area contributed by atoms with Crippen LogP contribution in [0.4, 0.5) is 0 Å². The van der Waals surface area contributed by atoms with E-state index >= 15 is 0 Å². The number of carboxylic acid groups (broad SMARTS) is 1. The van der Waals surface area contributed by atoms with Gasteiger partial charge in [-0.1, -0.05) is 11.6 Å². The lowest BCUT2D eigenvalue weighted by Gasteiger charge is -2.01. The van der Waals surface area contributed by atoms with Crippen molar-refractivity contribution in [3.63, 3.8) is 0 Å². The van der Waals surface area contributed by atoms with Gasteiger partial charge in [-0.15, -0.1) is 0 Å². The SMILES string of the molecule is O=C(O)c1cc2cc(Cl)c(O)cc2oc1=O. The number of fused-ring (bicyclic) bond motifs is 1. The standard InChI is InChI=1S/C10H5ClO5/c11-6-2-4-1-5(9(13)14)10(15)16-8(4)3-7(6)12/h1-3,12H,(H,13,14). The fourth-order valence-electron chi connectivity index (χ4n) is 1.28. The number of rotatable bonds is 1. The summed E-state index contributed by atoms with van der Waals surface area (Å²) in [5.74, 6) is -1.61. The maximum atomic E-state index is 11.2. The molecule has 2 N–H and O–H groups in total. The van der Waals surface area contributed by atoms with Gasteiger partial charge in [-0.25, -0.2) is 9.59 Å². The van der Waals surface area contributed by atoms with Gasteiger partial charge in [0.25, 0.3) is 0 Å². The van der Waals surface area contributed by atoms with Crippen molar-refractivity contribution in [3.8, 4) is 5.75 Å². The van der Waals surface area contributed by atoms with E-state index in [0.717, 1.165) is 12.1 Å². The molecule has 16 heavy (non-hydrogen) atoms. The van der Waals surface area contributed by atoms with Crippen LogP contribution < -0.4 is 5.63 Å². The zero-order valence-electron chi connectivity index (χ0n) is 7.73. The highest BCUT2D eigenvalue weighted by atomic mass is 35.5. The Bertz CT molecular complexity index is 643. The summed E-state index contributed by atoms with van der Waals surface area (Å²) in [6.45, 7) is 0. The minimum absolute atomic E-state index is 0.0534. The van der Waals surface area contributed by atoms with Crippen molar-refractivity contribution in [2.24, 2.45) is 0 Å². The quantitative estimate of drug-likeness (QED) is 0.743. The van der Waals surface area contributed by atoms with Gasteiger partial charge in [0.05, 0.1) is 5.02 Å². The summed E-state index contributed by atoms with van der Waals surface area (Å²) < 4.78 is 4.73. The lowest BCUT2D eigenvalue weighted by molar-refractivity contribution is 0.0692. The molecule has 0 aliphatic carbocycles. The molecule has 0 bridgehead atoms. The van der Waals surface area contributed by atoms with Gasteiger partial charge in [-0.3, -0.25) is 0 Å². The summed E-state index contributed by atoms with van der Waals surface area (Å²) in [5, 5.41) is 18.4. The van der Waals surface area contributed by atoms with E-state index in [1.807, 2.05) is 0 Å². The molecule has 0 fully saturated rings. The van der Waals surface area contributed by atoms with Crippen LogP contribution in [0.2, 0.25) is 5.02 Å². The number of hydrogen-bond donors (Lipinski definition) is 2. The third-order valence-electron chi connectivity index (χ3n) is 2.03. The predicted octanol–water partition coefficient (Wildman–Crippen LogP) is 1.85. The number of aromatic carboxylic acids is 1. The molecular formula is C10H5ClO5. The number of phenols is 1. The van der Waals surface area contributed by atoms with Gasteiger partial charge in [-0.05, 0) is 12.1 Å². The fourth-order valence-corrected chi connectivity index (χ4v) is 1.45. The van der Waals surface area contributed by atoms with Gasteiger partial charge in [0.1, 0.15) is 16.9 Å². The maximum absolute atomic E-state index is 11.2. The molecule has 6 heteroatoms. The minimum atomic E-state index is -1.38. The van der Waals surface area contributed by atoms with E-state index in [1.54, 1.807) is 0 Å². The highest BCUT2D eigenvalue weighted by Crippen LogP contribution is 2.28. The van der Waals surface area contributed by atoms with Crippen LogP contribution in [0.15, 0.2) is 27.4 Å². The van der Waals surface area contributed by atoms with E-state index in [-0.39, 0.29) is 16.4 Å². The highest BCUT2D eigenvalue weighted by Gasteiger charge is 2.13. The molecule has 5 nitrogen and oxygen atoms in total. The Morgan fingerprint density at radius 3 is 2.62 bits per heavy atom. The van der Waals surface area contributed by atoms with Gasteiger partial charge in [0.2, 0.25) is 0 Å². The van der Waals surface area contributed by atoms with Crippen LogP contribution in [0.5, 0.6) is 5.75 Å². The Hall–Kier alpha value is -2.01. The summed E-state index contributed by atoms with van der Waals surface area (Å²) in [7, 11) is 0. The number of phenolic OH excluding ortho intramolecular Hbond substituents is 1. The molecule has 1 heterocycles. The van der Waals surface area contributed by atoms with E-state index in [2.05, 4.69) is 0 Å². The van der Waals surface area contributed by atoms with Crippen LogP contribution in [0.25, 0.3) is 11.0 Å². The second-order valence-electron chi connectivity index (χ2n) is 3.09. The van der Waals surface area contributed by atoms with Crippen molar-refractivity contribution < 1.29 is 19.4 Å². The molecule has 0 amide bonds. The second-order valence-corrected chi connectivity index (χ2v) is 3.50. The Kier molecular flexibility index (Phi) is 2.32. The van der Waals surface area contributed by atoms with Crippen molar-refractivity contribution in [2.45, 2.75) is 0 Å². The molecule has 0 saturated carbocycles. The topological polar surface area (TPSA) is 87.7 Å². The third kappa shape index (κ3) is 1.61. The number of aromatic hydroxyl groups is 1. The molecule has 82 valence electrons. The van der Waals surface area contributed by atoms with Crippen LogP contribution in [0, 0.1) is 0 Å². The monoisotopic (exact) mass is 240 g/mol. The Morgan fingerprint density at radius 2 is 2.00 bits per heavy atom. The van der Waals surface area contributed by atoms with Crippen molar-refractivity contribution in [1.82, 2.24) is 0 Å². The van der Waals surface area contributed by atoms with E-state index < -0.39 is 17.2 Å². The molecule has 0 saturated heterocycles. The molecule has 2 aromatic rings. The second kappa shape index (κ2) is 3.53. The van der Waals surface area contributed by atoms with Gasteiger partial charge in [-0.2, -0.15) is 0 Å². The zero-order chi connectivity index (χ0) is 11.9. The highest BCUT2D eigenvalue weighted by molar-refractivity contribution is 6.32. The minimum Gasteiger partial charge on any atom is -0.506 e. The van der Waals surface area contributed by atoms with E-state index in [0.29, 0.717) is 5.39 Å².